The van der Waals surface area contributed by atoms with Gasteiger partial charge in [-0.2, -0.15) is 0 Å². The quantitative estimate of drug-likeness (QED) is 0.699. The predicted molar refractivity (Wildman–Crippen MR) is 59.0 cm³/mol. The number of aromatic nitrogens is 3. The van der Waals surface area contributed by atoms with Crippen molar-refractivity contribution in [2.24, 2.45) is 5.92 Å². The third-order valence-corrected chi connectivity index (χ3v) is 2.38. The molecule has 0 atom stereocenters. The van der Waals surface area contributed by atoms with Crippen molar-refractivity contribution in [3.63, 3.8) is 0 Å². The molecule has 0 bridgehead atoms. The summed E-state index contributed by atoms with van der Waals surface area (Å²) in [6, 6.07) is 0. The van der Waals surface area contributed by atoms with Crippen LogP contribution in [0.2, 0.25) is 0 Å². The van der Waals surface area contributed by atoms with Crippen molar-refractivity contribution in [3.8, 4) is 0 Å². The Bertz CT molecular complexity index is 329. The predicted octanol–water partition coefficient (Wildman–Crippen LogP) is 2.26. The van der Waals surface area contributed by atoms with Gasteiger partial charge >= 0.3 is 0 Å². The van der Waals surface area contributed by atoms with Crippen LogP contribution in [-0.2, 0) is 6.54 Å². The first-order valence-corrected chi connectivity index (χ1v) is 5.44. The number of hydrogen-bond acceptors (Lipinski definition) is 3. The average molecular weight is 209 g/mol. The molecule has 0 saturated heterocycles. The van der Waals surface area contributed by atoms with Crippen LogP contribution in [0.4, 0.5) is 0 Å². The van der Waals surface area contributed by atoms with Gasteiger partial charge in [0.25, 0.3) is 0 Å². The minimum Gasteiger partial charge on any atom is -0.296 e. The highest BCUT2D eigenvalue weighted by Crippen LogP contribution is 2.17. The normalized spacial score (nSPS) is 11.3. The lowest BCUT2D eigenvalue weighted by Crippen LogP contribution is -2.09. The summed E-state index contributed by atoms with van der Waals surface area (Å²) in [6.07, 6.45) is 1.84. The van der Waals surface area contributed by atoms with E-state index in [4.69, 9.17) is 0 Å². The fourth-order valence-electron chi connectivity index (χ4n) is 1.56. The van der Waals surface area contributed by atoms with E-state index in [9.17, 15) is 4.79 Å². The van der Waals surface area contributed by atoms with Crippen LogP contribution in [0.3, 0.4) is 0 Å². The highest BCUT2D eigenvalue weighted by molar-refractivity contribution is 5.73. The fourth-order valence-corrected chi connectivity index (χ4v) is 1.56. The number of carbonyl (C=O) groups is 1. The zero-order valence-corrected chi connectivity index (χ0v) is 9.90. The summed E-state index contributed by atoms with van der Waals surface area (Å²) >= 11 is 0. The van der Waals surface area contributed by atoms with Gasteiger partial charge in [0.2, 0.25) is 0 Å². The second kappa shape index (κ2) is 5.05. The Labute approximate surface area is 90.7 Å². The number of aldehydes is 1. The maximum atomic E-state index is 10.8. The third kappa shape index (κ3) is 2.88. The molecular weight excluding hydrogens is 190 g/mol. The molecule has 1 heterocycles. The number of nitrogens with zero attached hydrogens (tertiary/aromatic N) is 3. The van der Waals surface area contributed by atoms with Crippen LogP contribution in [0, 0.1) is 5.92 Å². The van der Waals surface area contributed by atoms with Crippen molar-refractivity contribution in [2.45, 2.75) is 46.6 Å². The van der Waals surface area contributed by atoms with Crippen LogP contribution >= 0.6 is 0 Å². The van der Waals surface area contributed by atoms with Gasteiger partial charge in [0, 0.05) is 6.54 Å². The van der Waals surface area contributed by atoms with Gasteiger partial charge in [0.1, 0.15) is 5.69 Å². The molecule has 0 saturated carbocycles. The first-order valence-electron chi connectivity index (χ1n) is 5.44. The van der Waals surface area contributed by atoms with Gasteiger partial charge in [-0.25, -0.2) is 4.68 Å². The minimum atomic E-state index is 0.285. The molecule has 1 aromatic rings. The van der Waals surface area contributed by atoms with Crippen LogP contribution in [-0.4, -0.2) is 21.3 Å². The van der Waals surface area contributed by atoms with Gasteiger partial charge in [0.15, 0.2) is 6.29 Å². The molecule has 0 N–H and O–H groups in total. The van der Waals surface area contributed by atoms with Crippen molar-refractivity contribution in [3.05, 3.63) is 11.4 Å². The smallest absolute Gasteiger partial charge is 0.172 e. The zero-order chi connectivity index (χ0) is 11.4. The highest BCUT2D eigenvalue weighted by atomic mass is 16.1. The summed E-state index contributed by atoms with van der Waals surface area (Å²) in [5.41, 5.74) is 1.43. The Kier molecular flexibility index (Phi) is 4.00. The van der Waals surface area contributed by atoms with Crippen molar-refractivity contribution >= 4 is 6.29 Å². The summed E-state index contributed by atoms with van der Waals surface area (Å²) in [5, 5.41) is 7.89. The van der Waals surface area contributed by atoms with E-state index in [1.165, 1.54) is 0 Å². The molecule has 0 spiro atoms. The second-order valence-electron chi connectivity index (χ2n) is 4.54. The van der Waals surface area contributed by atoms with Gasteiger partial charge in [-0.15, -0.1) is 5.10 Å². The molecule has 0 unspecified atom stereocenters. The Morgan fingerprint density at radius 1 is 1.33 bits per heavy atom. The van der Waals surface area contributed by atoms with Crippen LogP contribution in [0.25, 0.3) is 0 Å². The minimum absolute atomic E-state index is 0.285. The van der Waals surface area contributed by atoms with E-state index in [2.05, 4.69) is 38.0 Å². The molecule has 1 rings (SSSR count). The van der Waals surface area contributed by atoms with E-state index < -0.39 is 0 Å². The molecule has 0 aliphatic rings. The molecule has 0 fully saturated rings. The van der Waals surface area contributed by atoms with E-state index in [-0.39, 0.29) is 5.92 Å². The maximum Gasteiger partial charge on any atom is 0.172 e. The van der Waals surface area contributed by atoms with E-state index in [0.717, 1.165) is 24.9 Å². The first-order chi connectivity index (χ1) is 7.06. The van der Waals surface area contributed by atoms with Gasteiger partial charge in [-0.1, -0.05) is 32.9 Å². The van der Waals surface area contributed by atoms with Crippen molar-refractivity contribution in [1.29, 1.82) is 0 Å². The lowest BCUT2D eigenvalue weighted by molar-refractivity contribution is 0.111. The first kappa shape index (κ1) is 11.9. The average Bonchev–Trinajstić information content (AvgIpc) is 2.57. The summed E-state index contributed by atoms with van der Waals surface area (Å²) in [7, 11) is 0. The van der Waals surface area contributed by atoms with Crippen molar-refractivity contribution in [2.75, 3.05) is 0 Å². The van der Waals surface area contributed by atoms with Crippen molar-refractivity contribution < 1.29 is 4.79 Å². The molecule has 0 aliphatic carbocycles. The summed E-state index contributed by atoms with van der Waals surface area (Å²) in [6.45, 7) is 9.29. The van der Waals surface area contributed by atoms with E-state index in [1.54, 1.807) is 0 Å². The zero-order valence-electron chi connectivity index (χ0n) is 9.90. The molecular formula is C11H19N3O. The highest BCUT2D eigenvalue weighted by Gasteiger charge is 2.15. The maximum absolute atomic E-state index is 10.8. The summed E-state index contributed by atoms with van der Waals surface area (Å²) in [5.74, 6) is 0.918. The number of rotatable bonds is 5. The largest absolute Gasteiger partial charge is 0.296 e. The van der Waals surface area contributed by atoms with E-state index in [1.807, 2.05) is 4.68 Å². The summed E-state index contributed by atoms with van der Waals surface area (Å²) in [4.78, 5) is 10.8. The van der Waals surface area contributed by atoms with E-state index in [0.29, 0.717) is 11.6 Å². The number of aryl methyl sites for hydroxylation is 1. The van der Waals surface area contributed by atoms with Crippen LogP contribution in [0.5, 0.6) is 0 Å². The molecule has 0 aromatic carbocycles. The Morgan fingerprint density at radius 2 is 2.00 bits per heavy atom. The fraction of sp³-hybridized carbons (Fsp3) is 0.727. The number of carbonyl (C=O) groups excluding carboxylic acids is 1. The Balaban J connectivity index is 2.87. The van der Waals surface area contributed by atoms with Gasteiger partial charge in [-0.3, -0.25) is 4.79 Å². The van der Waals surface area contributed by atoms with Gasteiger partial charge in [0.05, 0.1) is 5.69 Å². The van der Waals surface area contributed by atoms with Crippen LogP contribution in [0.15, 0.2) is 0 Å². The van der Waals surface area contributed by atoms with Crippen LogP contribution < -0.4 is 0 Å². The molecule has 84 valence electrons. The Morgan fingerprint density at radius 3 is 2.47 bits per heavy atom. The van der Waals surface area contributed by atoms with Gasteiger partial charge in [-0.05, 0) is 18.3 Å². The molecule has 0 aliphatic heterocycles. The lowest BCUT2D eigenvalue weighted by Gasteiger charge is -2.10. The van der Waals surface area contributed by atoms with Crippen molar-refractivity contribution in [1.82, 2.24) is 15.0 Å². The molecule has 4 heteroatoms. The molecule has 4 nitrogen and oxygen atoms in total. The molecule has 1 aromatic heterocycles. The molecule has 15 heavy (non-hydrogen) atoms. The molecule has 0 amide bonds. The standard InChI is InChI=1S/C11H19N3O/c1-8(2)5-6-14-11(9(3)4)10(7-15)12-13-14/h7-9H,5-6H2,1-4H3. The topological polar surface area (TPSA) is 47.8 Å². The SMILES string of the molecule is CC(C)CCn1nnc(C=O)c1C(C)C. The Hall–Kier alpha value is -1.19. The van der Waals surface area contributed by atoms with E-state index >= 15 is 0 Å². The summed E-state index contributed by atoms with van der Waals surface area (Å²) < 4.78 is 1.86. The monoisotopic (exact) mass is 209 g/mol. The van der Waals surface area contributed by atoms with Crippen LogP contribution in [0.1, 0.15) is 56.2 Å². The second-order valence-corrected chi connectivity index (χ2v) is 4.54. The molecule has 0 radical (unpaired) electrons. The number of hydrogen-bond donors (Lipinski definition) is 0. The third-order valence-electron chi connectivity index (χ3n) is 2.38. The van der Waals surface area contributed by atoms with Gasteiger partial charge < -0.3 is 0 Å². The lowest BCUT2D eigenvalue weighted by atomic mass is 10.1.